The van der Waals surface area contributed by atoms with Crippen molar-refractivity contribution in [1.82, 2.24) is 5.43 Å². The minimum absolute atomic E-state index is 0.0398. The zero-order valence-electron chi connectivity index (χ0n) is 16.7. The van der Waals surface area contributed by atoms with Gasteiger partial charge in [-0.15, -0.1) is 0 Å². The molecule has 3 rings (SSSR count). The van der Waals surface area contributed by atoms with Crippen LogP contribution < -0.4 is 26.8 Å². The molecule has 0 bridgehead atoms. The molecule has 1 saturated heterocycles. The maximum Gasteiger partial charge on any atom is 0.288 e. The standard InChI is InChI=1S/C21H26BrN5O3/c22-16-6-7-18(25-20(29)14-27-8-10-30-11-9-27)17(12-16)21(24-13-19(28)26-23)15-4-2-1-3-5-15/h1-7,12,21,24H,8-11,13-14,23H2,(H,25,29)(H,26,28)/p+2. The fourth-order valence-corrected chi connectivity index (χ4v) is 3.93. The summed E-state index contributed by atoms with van der Waals surface area (Å²) in [5.74, 6) is 4.94. The summed E-state index contributed by atoms with van der Waals surface area (Å²) >= 11 is 3.53. The molecule has 0 saturated carbocycles. The van der Waals surface area contributed by atoms with Crippen molar-refractivity contribution in [3.8, 4) is 0 Å². The van der Waals surface area contributed by atoms with Crippen molar-refractivity contribution in [3.63, 3.8) is 0 Å². The van der Waals surface area contributed by atoms with Crippen molar-refractivity contribution in [2.75, 3.05) is 44.7 Å². The number of benzene rings is 2. The molecular formula is C21H28BrN5O3+2. The molecule has 1 atom stereocenters. The van der Waals surface area contributed by atoms with Crippen LogP contribution in [0.1, 0.15) is 17.2 Å². The minimum Gasteiger partial charge on any atom is -0.370 e. The van der Waals surface area contributed by atoms with Gasteiger partial charge < -0.3 is 20.3 Å². The van der Waals surface area contributed by atoms with E-state index in [2.05, 4.69) is 26.7 Å². The maximum absolute atomic E-state index is 12.7. The monoisotopic (exact) mass is 477 g/mol. The highest BCUT2D eigenvalue weighted by molar-refractivity contribution is 9.10. The lowest BCUT2D eigenvalue weighted by Crippen LogP contribution is -3.15. The first-order valence-corrected chi connectivity index (χ1v) is 10.7. The second-order valence-corrected chi connectivity index (χ2v) is 8.13. The summed E-state index contributed by atoms with van der Waals surface area (Å²) in [7, 11) is 0. The Morgan fingerprint density at radius 3 is 2.57 bits per heavy atom. The summed E-state index contributed by atoms with van der Waals surface area (Å²) in [5, 5.41) is 4.98. The van der Waals surface area contributed by atoms with Gasteiger partial charge in [0.1, 0.15) is 19.1 Å². The lowest BCUT2D eigenvalue weighted by Gasteiger charge is -2.24. The van der Waals surface area contributed by atoms with Gasteiger partial charge in [0.15, 0.2) is 13.1 Å². The second kappa shape index (κ2) is 11.2. The van der Waals surface area contributed by atoms with Crippen molar-refractivity contribution < 1.29 is 24.5 Å². The summed E-state index contributed by atoms with van der Waals surface area (Å²) in [6.07, 6.45) is 0. The molecule has 1 unspecified atom stereocenters. The first-order chi connectivity index (χ1) is 14.6. The number of amides is 2. The van der Waals surface area contributed by atoms with Crippen molar-refractivity contribution in [2.24, 2.45) is 5.84 Å². The number of hydrogen-bond donors (Lipinski definition) is 5. The van der Waals surface area contributed by atoms with Crippen LogP contribution >= 0.6 is 15.9 Å². The molecule has 30 heavy (non-hydrogen) atoms. The smallest absolute Gasteiger partial charge is 0.288 e. The second-order valence-electron chi connectivity index (χ2n) is 7.21. The van der Waals surface area contributed by atoms with E-state index in [9.17, 15) is 9.59 Å². The summed E-state index contributed by atoms with van der Waals surface area (Å²) in [6, 6.07) is 15.4. The topological polar surface area (TPSA) is 114 Å². The fourth-order valence-electron chi connectivity index (χ4n) is 3.55. The van der Waals surface area contributed by atoms with Crippen molar-refractivity contribution in [3.05, 3.63) is 64.1 Å². The van der Waals surface area contributed by atoms with Gasteiger partial charge in [-0.3, -0.25) is 15.0 Å². The van der Waals surface area contributed by atoms with E-state index in [-0.39, 0.29) is 24.4 Å². The lowest BCUT2D eigenvalue weighted by atomic mass is 9.97. The third-order valence-electron chi connectivity index (χ3n) is 5.09. The molecule has 1 aliphatic heterocycles. The van der Waals surface area contributed by atoms with E-state index in [1.54, 1.807) is 0 Å². The summed E-state index contributed by atoms with van der Waals surface area (Å²) in [5.41, 5.74) is 4.83. The molecule has 2 aromatic carbocycles. The van der Waals surface area contributed by atoms with Crippen LogP contribution in [0, 0.1) is 0 Å². The largest absolute Gasteiger partial charge is 0.370 e. The molecule has 2 aromatic rings. The Hall–Kier alpha value is -2.30. The van der Waals surface area contributed by atoms with Gasteiger partial charge in [-0.2, -0.15) is 0 Å². The highest BCUT2D eigenvalue weighted by Gasteiger charge is 2.24. The molecule has 0 aliphatic carbocycles. The van der Waals surface area contributed by atoms with Gasteiger partial charge in [-0.05, 0) is 18.2 Å². The first kappa shape index (κ1) is 22.4. The Balaban J connectivity index is 1.84. The number of morpholine rings is 1. The third-order valence-corrected chi connectivity index (χ3v) is 5.59. The quantitative estimate of drug-likeness (QED) is 0.189. The summed E-state index contributed by atoms with van der Waals surface area (Å²) in [6.45, 7) is 3.58. The molecular weight excluding hydrogens is 450 g/mol. The van der Waals surface area contributed by atoms with E-state index in [0.29, 0.717) is 19.8 Å². The third kappa shape index (κ3) is 6.35. The van der Waals surface area contributed by atoms with Crippen molar-refractivity contribution in [1.29, 1.82) is 0 Å². The molecule has 9 heteroatoms. The van der Waals surface area contributed by atoms with Gasteiger partial charge in [-0.1, -0.05) is 46.3 Å². The molecule has 2 amide bonds. The van der Waals surface area contributed by atoms with E-state index >= 15 is 0 Å². The number of carbonyl (C=O) groups excluding carboxylic acids is 2. The number of anilines is 1. The average Bonchev–Trinajstić information content (AvgIpc) is 2.77. The Morgan fingerprint density at radius 2 is 1.87 bits per heavy atom. The number of hydrogen-bond acceptors (Lipinski definition) is 4. The Labute approximate surface area is 184 Å². The van der Waals surface area contributed by atoms with Crippen LogP contribution in [-0.4, -0.2) is 51.2 Å². The summed E-state index contributed by atoms with van der Waals surface area (Å²) < 4.78 is 6.26. The molecule has 1 fully saturated rings. The molecule has 0 aromatic heterocycles. The fraction of sp³-hybridized carbons (Fsp3) is 0.333. The Morgan fingerprint density at radius 1 is 1.13 bits per heavy atom. The number of hydrazine groups is 1. The highest BCUT2D eigenvalue weighted by atomic mass is 79.9. The normalized spacial score (nSPS) is 15.4. The summed E-state index contributed by atoms with van der Waals surface area (Å²) in [4.78, 5) is 25.7. The number of rotatable bonds is 8. The van der Waals surface area contributed by atoms with Crippen LogP contribution in [0.15, 0.2) is 53.0 Å². The van der Waals surface area contributed by atoms with Crippen LogP contribution in [0.2, 0.25) is 0 Å². The van der Waals surface area contributed by atoms with Crippen LogP contribution in [0.3, 0.4) is 0 Å². The predicted octanol–water partition coefficient (Wildman–Crippen LogP) is -1.05. The van der Waals surface area contributed by atoms with Crippen molar-refractivity contribution in [2.45, 2.75) is 6.04 Å². The van der Waals surface area contributed by atoms with Gasteiger partial charge in [0, 0.05) is 15.6 Å². The van der Waals surface area contributed by atoms with E-state index in [1.807, 2.05) is 53.8 Å². The molecule has 8 nitrogen and oxygen atoms in total. The zero-order chi connectivity index (χ0) is 21.3. The average molecular weight is 478 g/mol. The van der Waals surface area contributed by atoms with Gasteiger partial charge >= 0.3 is 0 Å². The predicted molar refractivity (Wildman–Crippen MR) is 117 cm³/mol. The number of carbonyl (C=O) groups is 2. The van der Waals surface area contributed by atoms with Gasteiger partial charge in [-0.25, -0.2) is 5.84 Å². The van der Waals surface area contributed by atoms with Crippen LogP contribution in [-0.2, 0) is 14.3 Å². The molecule has 160 valence electrons. The molecule has 1 heterocycles. The van der Waals surface area contributed by atoms with Crippen molar-refractivity contribution >= 4 is 33.4 Å². The number of quaternary nitrogens is 2. The van der Waals surface area contributed by atoms with Gasteiger partial charge in [0.2, 0.25) is 0 Å². The maximum atomic E-state index is 12.7. The van der Waals surface area contributed by atoms with Crippen LogP contribution in [0.4, 0.5) is 5.69 Å². The first-order valence-electron chi connectivity index (χ1n) is 9.95. The highest BCUT2D eigenvalue weighted by Crippen LogP contribution is 2.29. The SMILES string of the molecule is NNC(=O)C[NH2+]C(c1ccccc1)c1cc(Br)ccc1NC(=O)C[NH+]1CCOCC1. The zero-order valence-corrected chi connectivity index (χ0v) is 18.3. The molecule has 0 radical (unpaired) electrons. The van der Waals surface area contributed by atoms with E-state index in [0.717, 1.165) is 34.4 Å². The van der Waals surface area contributed by atoms with E-state index < -0.39 is 0 Å². The van der Waals surface area contributed by atoms with Crippen LogP contribution in [0.25, 0.3) is 0 Å². The Kier molecular flexibility index (Phi) is 8.35. The van der Waals surface area contributed by atoms with Crippen LogP contribution in [0.5, 0.6) is 0 Å². The molecule has 0 spiro atoms. The molecule has 1 aliphatic rings. The lowest BCUT2D eigenvalue weighted by molar-refractivity contribution is -0.899. The molecule has 7 N–H and O–H groups in total. The number of nitrogens with one attached hydrogen (secondary N) is 3. The number of nitrogens with two attached hydrogens (primary N) is 2. The number of halogens is 1. The van der Waals surface area contributed by atoms with Gasteiger partial charge in [0.25, 0.3) is 11.8 Å². The van der Waals surface area contributed by atoms with Gasteiger partial charge in [0.05, 0.1) is 18.9 Å². The minimum atomic E-state index is -0.271. The van der Waals surface area contributed by atoms with E-state index in [4.69, 9.17) is 10.6 Å². The number of ether oxygens (including phenoxy) is 1. The Bertz CT molecular complexity index is 859. The van der Waals surface area contributed by atoms with E-state index in [1.165, 1.54) is 4.90 Å².